The number of ether oxygens (including phenoxy) is 1. The second-order valence-corrected chi connectivity index (χ2v) is 4.26. The van der Waals surface area contributed by atoms with Gasteiger partial charge in [0.2, 0.25) is 5.91 Å². The predicted octanol–water partition coefficient (Wildman–Crippen LogP) is 1.75. The van der Waals surface area contributed by atoms with Crippen LogP contribution in [0.3, 0.4) is 0 Å². The Bertz CT molecular complexity index is 460. The van der Waals surface area contributed by atoms with Gasteiger partial charge in [0.25, 0.3) is 0 Å². The normalized spacial score (nSPS) is 10.1. The molecule has 0 saturated heterocycles. The smallest absolute Gasteiger partial charge is 0.306 e. The first kappa shape index (κ1) is 15.1. The Labute approximate surface area is 112 Å². The number of methoxy groups -OCH3 is 1. The topological polar surface area (TPSA) is 55.4 Å². The summed E-state index contributed by atoms with van der Waals surface area (Å²) in [5.41, 5.74) is 1.56. The number of esters is 1. The van der Waals surface area contributed by atoms with E-state index in [9.17, 15) is 14.0 Å². The Hall–Kier alpha value is -1.91. The fourth-order valence-corrected chi connectivity index (χ4v) is 1.61. The zero-order chi connectivity index (χ0) is 14.3. The van der Waals surface area contributed by atoms with Gasteiger partial charge < -0.3 is 10.1 Å². The monoisotopic (exact) mass is 267 g/mol. The van der Waals surface area contributed by atoms with E-state index in [4.69, 9.17) is 0 Å². The van der Waals surface area contributed by atoms with Crippen LogP contribution in [0.15, 0.2) is 18.2 Å². The molecule has 0 aliphatic rings. The van der Waals surface area contributed by atoms with Gasteiger partial charge in [0, 0.05) is 13.0 Å². The zero-order valence-corrected chi connectivity index (χ0v) is 11.2. The summed E-state index contributed by atoms with van der Waals surface area (Å²) in [7, 11) is 1.29. The lowest BCUT2D eigenvalue weighted by molar-refractivity contribution is -0.142. The molecule has 19 heavy (non-hydrogen) atoms. The fraction of sp³-hybridized carbons (Fsp3) is 0.429. The van der Waals surface area contributed by atoms with Crippen molar-refractivity contribution in [2.45, 2.75) is 26.2 Å². The minimum atomic E-state index is -0.399. The molecular weight excluding hydrogens is 249 g/mol. The maximum absolute atomic E-state index is 13.0. The van der Waals surface area contributed by atoms with Crippen molar-refractivity contribution < 1.29 is 18.7 Å². The molecule has 0 heterocycles. The summed E-state index contributed by atoms with van der Waals surface area (Å²) in [6.07, 6.45) is 0.832. The Morgan fingerprint density at radius 2 is 2.05 bits per heavy atom. The van der Waals surface area contributed by atoms with Crippen LogP contribution in [-0.2, 0) is 20.7 Å². The molecule has 1 N–H and O–H groups in total. The van der Waals surface area contributed by atoms with Crippen LogP contribution in [-0.4, -0.2) is 25.5 Å². The molecule has 1 aromatic carbocycles. The number of rotatable bonds is 6. The van der Waals surface area contributed by atoms with Gasteiger partial charge in [0.1, 0.15) is 5.82 Å². The van der Waals surface area contributed by atoms with Gasteiger partial charge in [-0.1, -0.05) is 12.1 Å². The highest BCUT2D eigenvalue weighted by Gasteiger charge is 2.06. The number of hydrogen-bond acceptors (Lipinski definition) is 3. The van der Waals surface area contributed by atoms with Gasteiger partial charge in [-0.15, -0.1) is 0 Å². The van der Waals surface area contributed by atoms with Crippen molar-refractivity contribution in [3.05, 3.63) is 35.1 Å². The number of carbonyl (C=O) groups is 2. The highest BCUT2D eigenvalue weighted by atomic mass is 19.1. The molecule has 0 atom stereocenters. The van der Waals surface area contributed by atoms with E-state index in [0.29, 0.717) is 18.5 Å². The van der Waals surface area contributed by atoms with Gasteiger partial charge in [0.05, 0.1) is 13.5 Å². The number of amides is 1. The Kier molecular flexibility index (Phi) is 5.99. The van der Waals surface area contributed by atoms with Crippen LogP contribution in [0, 0.1) is 12.7 Å². The first-order valence-corrected chi connectivity index (χ1v) is 6.11. The van der Waals surface area contributed by atoms with Gasteiger partial charge in [-0.05, 0) is 30.5 Å². The van der Waals surface area contributed by atoms with Crippen molar-refractivity contribution in [2.24, 2.45) is 0 Å². The predicted molar refractivity (Wildman–Crippen MR) is 69.1 cm³/mol. The zero-order valence-electron chi connectivity index (χ0n) is 11.2. The van der Waals surface area contributed by atoms with Gasteiger partial charge in [0.15, 0.2) is 0 Å². The summed E-state index contributed by atoms with van der Waals surface area (Å²) < 4.78 is 17.5. The summed E-state index contributed by atoms with van der Waals surface area (Å²) >= 11 is 0. The number of carbonyl (C=O) groups excluding carboxylic acids is 2. The lowest BCUT2D eigenvalue weighted by atomic mass is 10.1. The molecule has 1 rings (SSSR count). The van der Waals surface area contributed by atoms with E-state index < -0.39 is 5.97 Å². The Morgan fingerprint density at radius 1 is 1.32 bits per heavy atom. The Balaban J connectivity index is 2.28. The lowest BCUT2D eigenvalue weighted by Crippen LogP contribution is -2.26. The SMILES string of the molecule is COC(=O)CCC(=O)NCCc1ccc(F)c(C)c1. The maximum Gasteiger partial charge on any atom is 0.306 e. The van der Waals surface area contributed by atoms with Crippen LogP contribution >= 0.6 is 0 Å². The third-order valence-corrected chi connectivity index (χ3v) is 2.74. The molecule has 1 amide bonds. The van der Waals surface area contributed by atoms with E-state index in [0.717, 1.165) is 5.56 Å². The molecular formula is C14H18FNO3. The number of benzene rings is 1. The molecule has 104 valence electrons. The van der Waals surface area contributed by atoms with E-state index in [1.807, 2.05) is 0 Å². The van der Waals surface area contributed by atoms with E-state index in [1.165, 1.54) is 13.2 Å². The van der Waals surface area contributed by atoms with Crippen molar-refractivity contribution in [3.63, 3.8) is 0 Å². The van der Waals surface area contributed by atoms with Gasteiger partial charge >= 0.3 is 5.97 Å². The summed E-state index contributed by atoms with van der Waals surface area (Å²) in [4.78, 5) is 22.2. The highest BCUT2D eigenvalue weighted by molar-refractivity contribution is 5.81. The van der Waals surface area contributed by atoms with Crippen LogP contribution in [0.5, 0.6) is 0 Å². The summed E-state index contributed by atoms with van der Waals surface area (Å²) in [6.45, 7) is 2.17. The third kappa shape index (κ3) is 5.50. The fourth-order valence-electron chi connectivity index (χ4n) is 1.61. The van der Waals surface area contributed by atoms with Crippen molar-refractivity contribution in [1.82, 2.24) is 5.32 Å². The van der Waals surface area contributed by atoms with Crippen LogP contribution in [0.1, 0.15) is 24.0 Å². The van der Waals surface area contributed by atoms with Crippen LogP contribution in [0.4, 0.5) is 4.39 Å². The minimum absolute atomic E-state index is 0.0813. The quantitative estimate of drug-likeness (QED) is 0.799. The Morgan fingerprint density at radius 3 is 2.68 bits per heavy atom. The standard InChI is InChI=1S/C14H18FNO3/c1-10-9-11(3-4-12(10)15)7-8-16-13(17)5-6-14(18)19-2/h3-4,9H,5-8H2,1-2H3,(H,16,17). The van der Waals surface area contributed by atoms with Gasteiger partial charge in [-0.2, -0.15) is 0 Å². The van der Waals surface area contributed by atoms with Crippen molar-refractivity contribution in [2.75, 3.05) is 13.7 Å². The number of halogens is 1. The summed E-state index contributed by atoms with van der Waals surface area (Å²) in [5, 5.41) is 2.70. The van der Waals surface area contributed by atoms with Crippen LogP contribution < -0.4 is 5.32 Å². The van der Waals surface area contributed by atoms with E-state index in [2.05, 4.69) is 10.1 Å². The molecule has 0 aliphatic carbocycles. The second kappa shape index (κ2) is 7.51. The molecule has 0 fully saturated rings. The van der Waals surface area contributed by atoms with Crippen molar-refractivity contribution in [3.8, 4) is 0 Å². The largest absolute Gasteiger partial charge is 0.469 e. The second-order valence-electron chi connectivity index (χ2n) is 4.26. The highest BCUT2D eigenvalue weighted by Crippen LogP contribution is 2.09. The number of aryl methyl sites for hydroxylation is 1. The molecule has 0 spiro atoms. The summed E-state index contributed by atoms with van der Waals surface area (Å²) in [5.74, 6) is -0.820. The molecule has 4 nitrogen and oxygen atoms in total. The van der Waals surface area contributed by atoms with Crippen molar-refractivity contribution >= 4 is 11.9 Å². The van der Waals surface area contributed by atoms with Gasteiger partial charge in [-0.25, -0.2) is 4.39 Å². The average molecular weight is 267 g/mol. The molecule has 0 bridgehead atoms. The molecule has 0 aliphatic heterocycles. The molecule has 0 aromatic heterocycles. The minimum Gasteiger partial charge on any atom is -0.469 e. The van der Waals surface area contributed by atoms with Crippen LogP contribution in [0.25, 0.3) is 0 Å². The average Bonchev–Trinajstić information content (AvgIpc) is 2.40. The number of nitrogens with one attached hydrogen (secondary N) is 1. The van der Waals surface area contributed by atoms with E-state index >= 15 is 0 Å². The first-order chi connectivity index (χ1) is 9.02. The van der Waals surface area contributed by atoms with E-state index in [1.54, 1.807) is 19.1 Å². The summed E-state index contributed by atoms with van der Waals surface area (Å²) in [6, 6.07) is 4.88. The molecule has 1 aromatic rings. The lowest BCUT2D eigenvalue weighted by Gasteiger charge is -2.06. The van der Waals surface area contributed by atoms with Crippen LogP contribution in [0.2, 0.25) is 0 Å². The van der Waals surface area contributed by atoms with Gasteiger partial charge in [-0.3, -0.25) is 9.59 Å². The van der Waals surface area contributed by atoms with E-state index in [-0.39, 0.29) is 24.6 Å². The number of hydrogen-bond donors (Lipinski definition) is 1. The maximum atomic E-state index is 13.0. The molecule has 0 saturated carbocycles. The van der Waals surface area contributed by atoms with Crippen molar-refractivity contribution in [1.29, 1.82) is 0 Å². The first-order valence-electron chi connectivity index (χ1n) is 6.11. The molecule has 0 radical (unpaired) electrons. The molecule has 5 heteroatoms. The molecule has 0 unspecified atom stereocenters. The third-order valence-electron chi connectivity index (χ3n) is 2.74.